The summed E-state index contributed by atoms with van der Waals surface area (Å²) in [7, 11) is -3.40. The van der Waals surface area contributed by atoms with Crippen molar-refractivity contribution in [2.24, 2.45) is 0 Å². The number of sulfone groups is 1. The number of halogens is 1. The second-order valence-electron chi connectivity index (χ2n) is 8.34. The third kappa shape index (κ3) is 5.74. The molecule has 1 amide bonds. The molecule has 2 aromatic carbocycles. The lowest BCUT2D eigenvalue weighted by atomic mass is 10.1. The van der Waals surface area contributed by atoms with Gasteiger partial charge in [0.25, 0.3) is 5.91 Å². The van der Waals surface area contributed by atoms with E-state index in [0.29, 0.717) is 17.2 Å². The van der Waals surface area contributed by atoms with Gasteiger partial charge in [-0.15, -0.1) is 12.4 Å². The van der Waals surface area contributed by atoms with E-state index < -0.39 is 15.1 Å². The highest BCUT2D eigenvalue weighted by Gasteiger charge is 2.24. The van der Waals surface area contributed by atoms with Gasteiger partial charge in [0, 0.05) is 31.0 Å². The minimum absolute atomic E-state index is 0. The van der Waals surface area contributed by atoms with E-state index in [1.807, 2.05) is 22.9 Å². The van der Waals surface area contributed by atoms with Gasteiger partial charge in [0.15, 0.2) is 15.0 Å². The van der Waals surface area contributed by atoms with Crippen LogP contribution in [0.5, 0.6) is 0 Å². The number of nitrogens with zero attached hydrogens (tertiary/aromatic N) is 4. The van der Waals surface area contributed by atoms with Crippen LogP contribution in [0.2, 0.25) is 0 Å². The molecule has 10 heteroatoms. The molecule has 186 valence electrons. The SMILES string of the molecule is CCc1cccc2sc(N(CCCn3ccnc3)C(=O)c3ccc(S(=O)(=O)C(C)C)cc3)nc12.Cl. The van der Waals surface area contributed by atoms with Crippen molar-refractivity contribution in [3.63, 3.8) is 0 Å². The zero-order valence-electron chi connectivity index (χ0n) is 19.9. The number of imidazole rings is 1. The molecule has 2 heterocycles. The molecule has 0 N–H and O–H groups in total. The monoisotopic (exact) mass is 532 g/mol. The van der Waals surface area contributed by atoms with E-state index in [1.165, 1.54) is 23.5 Å². The van der Waals surface area contributed by atoms with Gasteiger partial charge in [0.1, 0.15) is 0 Å². The lowest BCUT2D eigenvalue weighted by Crippen LogP contribution is -2.32. The first-order valence-electron chi connectivity index (χ1n) is 11.3. The molecule has 35 heavy (non-hydrogen) atoms. The van der Waals surface area contributed by atoms with Crippen LogP contribution in [0.25, 0.3) is 10.2 Å². The molecular formula is C25H29ClN4O3S2. The van der Waals surface area contributed by atoms with Crippen molar-refractivity contribution in [2.75, 3.05) is 11.4 Å². The predicted molar refractivity (Wildman–Crippen MR) is 144 cm³/mol. The molecule has 0 bridgehead atoms. The van der Waals surface area contributed by atoms with Gasteiger partial charge in [0.2, 0.25) is 0 Å². The maximum absolute atomic E-state index is 13.6. The van der Waals surface area contributed by atoms with E-state index >= 15 is 0 Å². The number of benzene rings is 2. The number of aryl methyl sites for hydroxylation is 2. The van der Waals surface area contributed by atoms with Crippen molar-refractivity contribution < 1.29 is 13.2 Å². The van der Waals surface area contributed by atoms with Gasteiger partial charge in [-0.2, -0.15) is 0 Å². The zero-order chi connectivity index (χ0) is 24.3. The average molecular weight is 533 g/mol. The molecule has 0 saturated carbocycles. The Kier molecular flexibility index (Phi) is 8.69. The third-order valence-corrected chi connectivity index (χ3v) is 8.97. The van der Waals surface area contributed by atoms with Crippen LogP contribution in [0.3, 0.4) is 0 Å². The molecule has 0 fully saturated rings. The second kappa shape index (κ2) is 11.3. The second-order valence-corrected chi connectivity index (χ2v) is 11.9. The van der Waals surface area contributed by atoms with Crippen molar-refractivity contribution >= 4 is 54.8 Å². The fraction of sp³-hybridized carbons (Fsp3) is 0.320. The lowest BCUT2D eigenvalue weighted by molar-refractivity contribution is 0.0986. The highest BCUT2D eigenvalue weighted by Crippen LogP contribution is 2.32. The van der Waals surface area contributed by atoms with Crippen molar-refractivity contribution in [2.45, 2.75) is 50.3 Å². The largest absolute Gasteiger partial charge is 0.337 e. The molecule has 0 unspecified atom stereocenters. The summed E-state index contributed by atoms with van der Waals surface area (Å²) >= 11 is 1.50. The van der Waals surface area contributed by atoms with Crippen LogP contribution in [0.15, 0.2) is 66.1 Å². The summed E-state index contributed by atoms with van der Waals surface area (Å²) in [4.78, 5) is 24.4. The van der Waals surface area contributed by atoms with Crippen LogP contribution < -0.4 is 4.90 Å². The number of fused-ring (bicyclic) bond motifs is 1. The standard InChI is InChI=1S/C25H28N4O3S2.ClH/c1-4-19-7-5-8-22-23(19)27-25(33-22)29(15-6-14-28-16-13-26-17-28)24(30)20-9-11-21(12-10-20)34(31,32)18(2)3;/h5,7-13,16-18H,4,6,14-15H2,1-3H3;1H. The molecule has 0 atom stereocenters. The number of aromatic nitrogens is 3. The first kappa shape index (κ1) is 26.8. The van der Waals surface area contributed by atoms with Gasteiger partial charge in [0.05, 0.1) is 26.7 Å². The Labute approximate surface area is 216 Å². The van der Waals surface area contributed by atoms with E-state index in [0.717, 1.165) is 35.2 Å². The van der Waals surface area contributed by atoms with E-state index in [4.69, 9.17) is 4.98 Å². The number of anilines is 1. The number of para-hydroxylation sites is 1. The fourth-order valence-corrected chi connectivity index (χ4v) is 5.82. The van der Waals surface area contributed by atoms with Crippen LogP contribution in [-0.4, -0.2) is 40.7 Å². The van der Waals surface area contributed by atoms with Gasteiger partial charge < -0.3 is 4.57 Å². The molecule has 0 aliphatic carbocycles. The van der Waals surface area contributed by atoms with Gasteiger partial charge in [-0.25, -0.2) is 18.4 Å². The van der Waals surface area contributed by atoms with Crippen molar-refractivity contribution in [1.82, 2.24) is 14.5 Å². The Hall–Kier alpha value is -2.75. The first-order chi connectivity index (χ1) is 16.3. The van der Waals surface area contributed by atoms with Crippen molar-refractivity contribution in [1.29, 1.82) is 0 Å². The maximum Gasteiger partial charge on any atom is 0.260 e. The summed E-state index contributed by atoms with van der Waals surface area (Å²) in [5.74, 6) is -0.198. The number of hydrogen-bond acceptors (Lipinski definition) is 6. The number of carbonyl (C=O) groups is 1. The Balaban J connectivity index is 0.00000342. The Bertz CT molecular complexity index is 1380. The summed E-state index contributed by atoms with van der Waals surface area (Å²) in [5.41, 5.74) is 2.50. The summed E-state index contributed by atoms with van der Waals surface area (Å²) in [6.45, 7) is 6.58. The molecule has 4 rings (SSSR count). The van der Waals surface area contributed by atoms with Crippen LogP contribution in [0.1, 0.15) is 43.1 Å². The Morgan fingerprint density at radius 1 is 1.14 bits per heavy atom. The van der Waals surface area contributed by atoms with E-state index in [2.05, 4.69) is 18.0 Å². The molecular weight excluding hydrogens is 504 g/mol. The third-order valence-electron chi connectivity index (χ3n) is 5.76. The number of carbonyl (C=O) groups excluding carboxylic acids is 1. The van der Waals surface area contributed by atoms with Crippen molar-refractivity contribution in [3.05, 3.63) is 72.3 Å². The minimum atomic E-state index is -3.40. The van der Waals surface area contributed by atoms with Gasteiger partial charge in [-0.3, -0.25) is 9.69 Å². The van der Waals surface area contributed by atoms with E-state index in [9.17, 15) is 13.2 Å². The van der Waals surface area contributed by atoms with E-state index in [1.54, 1.807) is 43.4 Å². The molecule has 0 aliphatic rings. The normalized spacial score (nSPS) is 11.5. The Morgan fingerprint density at radius 3 is 2.51 bits per heavy atom. The lowest BCUT2D eigenvalue weighted by Gasteiger charge is -2.20. The van der Waals surface area contributed by atoms with E-state index in [-0.39, 0.29) is 23.2 Å². The highest BCUT2D eigenvalue weighted by atomic mass is 35.5. The zero-order valence-corrected chi connectivity index (χ0v) is 22.4. The van der Waals surface area contributed by atoms with Gasteiger partial charge in [-0.05, 0) is 62.6 Å². The molecule has 4 aromatic rings. The highest BCUT2D eigenvalue weighted by molar-refractivity contribution is 7.92. The molecule has 0 saturated heterocycles. The predicted octanol–water partition coefficient (Wildman–Crippen LogP) is 5.40. The van der Waals surface area contributed by atoms with Gasteiger partial charge in [-0.1, -0.05) is 30.4 Å². The summed E-state index contributed by atoms with van der Waals surface area (Å²) < 4.78 is 28.0. The molecule has 2 aromatic heterocycles. The van der Waals surface area contributed by atoms with Crippen LogP contribution in [0.4, 0.5) is 5.13 Å². The number of amides is 1. The minimum Gasteiger partial charge on any atom is -0.337 e. The number of hydrogen-bond donors (Lipinski definition) is 0. The quantitative estimate of drug-likeness (QED) is 0.288. The molecule has 0 aliphatic heterocycles. The average Bonchev–Trinajstić information content (AvgIpc) is 3.51. The maximum atomic E-state index is 13.6. The topological polar surface area (TPSA) is 85.2 Å². The van der Waals surface area contributed by atoms with Crippen LogP contribution in [0, 0.1) is 0 Å². The summed E-state index contributed by atoms with van der Waals surface area (Å²) in [5, 5.41) is 0.120. The number of thiazole rings is 1. The fourth-order valence-electron chi connectivity index (χ4n) is 3.72. The van der Waals surface area contributed by atoms with Crippen LogP contribution >= 0.6 is 23.7 Å². The molecule has 7 nitrogen and oxygen atoms in total. The number of rotatable bonds is 9. The summed E-state index contributed by atoms with van der Waals surface area (Å²) in [6.07, 6.45) is 6.96. The smallest absolute Gasteiger partial charge is 0.260 e. The molecule has 0 spiro atoms. The molecule has 0 radical (unpaired) electrons. The van der Waals surface area contributed by atoms with Crippen LogP contribution in [-0.2, 0) is 22.8 Å². The van der Waals surface area contributed by atoms with Crippen molar-refractivity contribution in [3.8, 4) is 0 Å². The van der Waals surface area contributed by atoms with Gasteiger partial charge >= 0.3 is 0 Å². The summed E-state index contributed by atoms with van der Waals surface area (Å²) in [6, 6.07) is 12.3. The first-order valence-corrected chi connectivity index (χ1v) is 13.7. The Morgan fingerprint density at radius 2 is 1.89 bits per heavy atom.